The minimum absolute atomic E-state index is 0.541. The number of nitrogens with zero attached hydrogens (tertiary/aromatic N) is 1. The molecule has 2 rings (SSSR count). The van der Waals surface area contributed by atoms with E-state index in [-0.39, 0.29) is 0 Å². The zero-order chi connectivity index (χ0) is 9.97. The maximum atomic E-state index is 3.52. The number of thioether (sulfide) groups is 1. The Balaban J connectivity index is 1.90. The van der Waals surface area contributed by atoms with Gasteiger partial charge in [0, 0.05) is 19.6 Å². The number of hydrogen-bond acceptors (Lipinski definition) is 4. The summed E-state index contributed by atoms with van der Waals surface area (Å²) in [6, 6.07) is 4.29. The van der Waals surface area contributed by atoms with Crippen molar-refractivity contribution < 1.29 is 0 Å². The number of hydrogen-bond donors (Lipinski definition) is 1. The minimum atomic E-state index is 0.541. The molecule has 1 unspecified atom stereocenters. The maximum Gasteiger partial charge on any atom is 0.0716 e. The number of thiophene rings is 1. The van der Waals surface area contributed by atoms with E-state index in [0.717, 1.165) is 19.6 Å². The number of halogens is 1. The molecule has 1 aromatic heterocycles. The number of piperazine rings is 1. The van der Waals surface area contributed by atoms with Crippen molar-refractivity contribution in [2.75, 3.05) is 26.7 Å². The van der Waals surface area contributed by atoms with Crippen LogP contribution in [0.3, 0.4) is 0 Å². The average molecular weight is 293 g/mol. The number of likely N-dealkylation sites (N-methyl/N-ethyl adjacent to an activating group) is 1. The summed E-state index contributed by atoms with van der Waals surface area (Å²) in [6.45, 7) is 3.38. The molecule has 0 saturated carbocycles. The summed E-state index contributed by atoms with van der Waals surface area (Å²) in [4.78, 5) is 2.37. The van der Waals surface area contributed by atoms with Crippen molar-refractivity contribution >= 4 is 39.0 Å². The molecule has 14 heavy (non-hydrogen) atoms. The zero-order valence-electron chi connectivity index (χ0n) is 8.00. The molecule has 2 heterocycles. The highest BCUT2D eigenvalue weighted by Crippen LogP contribution is 2.33. The molecular formula is C9H13BrN2S2. The highest BCUT2D eigenvalue weighted by molar-refractivity contribution is 9.11. The highest BCUT2D eigenvalue weighted by Gasteiger charge is 2.17. The molecule has 0 aromatic carbocycles. The topological polar surface area (TPSA) is 15.3 Å². The van der Waals surface area contributed by atoms with E-state index in [1.54, 1.807) is 11.3 Å². The van der Waals surface area contributed by atoms with Gasteiger partial charge in [0.15, 0.2) is 0 Å². The molecule has 0 spiro atoms. The summed E-state index contributed by atoms with van der Waals surface area (Å²) in [7, 11) is 2.18. The van der Waals surface area contributed by atoms with Crippen molar-refractivity contribution in [3.8, 4) is 0 Å². The molecule has 1 aliphatic heterocycles. The fourth-order valence-electron chi connectivity index (χ4n) is 1.44. The van der Waals surface area contributed by atoms with Crippen molar-refractivity contribution in [3.05, 3.63) is 15.9 Å². The first kappa shape index (κ1) is 11.0. The van der Waals surface area contributed by atoms with Crippen LogP contribution in [0, 0.1) is 0 Å². The summed E-state index contributed by atoms with van der Waals surface area (Å²) in [5, 5.41) is 4.06. The van der Waals surface area contributed by atoms with Crippen LogP contribution >= 0.6 is 39.0 Å². The smallest absolute Gasteiger partial charge is 0.0716 e. The summed E-state index contributed by atoms with van der Waals surface area (Å²) in [5.74, 6) is 0. The van der Waals surface area contributed by atoms with E-state index in [2.05, 4.69) is 45.3 Å². The quantitative estimate of drug-likeness (QED) is 0.902. The minimum Gasteiger partial charge on any atom is -0.303 e. The van der Waals surface area contributed by atoms with Crippen LogP contribution in [0.25, 0.3) is 0 Å². The van der Waals surface area contributed by atoms with Crippen molar-refractivity contribution in [2.24, 2.45) is 0 Å². The Kier molecular flexibility index (Phi) is 3.90. The maximum absolute atomic E-state index is 3.52. The first-order valence-electron chi connectivity index (χ1n) is 4.58. The Hall–Kier alpha value is 0.450. The summed E-state index contributed by atoms with van der Waals surface area (Å²) in [5.41, 5.74) is 0. The first-order chi connectivity index (χ1) is 6.74. The van der Waals surface area contributed by atoms with Gasteiger partial charge in [-0.1, -0.05) is 11.8 Å². The fraction of sp³-hybridized carbons (Fsp3) is 0.556. The number of rotatable bonds is 2. The van der Waals surface area contributed by atoms with Crippen LogP contribution in [0.5, 0.6) is 0 Å². The van der Waals surface area contributed by atoms with Gasteiger partial charge in [0.2, 0.25) is 0 Å². The fourth-order valence-corrected chi connectivity index (χ4v) is 4.64. The van der Waals surface area contributed by atoms with Gasteiger partial charge in [-0.2, -0.15) is 0 Å². The van der Waals surface area contributed by atoms with Crippen LogP contribution in [-0.4, -0.2) is 37.0 Å². The molecule has 0 amide bonds. The van der Waals surface area contributed by atoms with E-state index >= 15 is 0 Å². The van der Waals surface area contributed by atoms with Gasteiger partial charge in [-0.15, -0.1) is 11.3 Å². The Bertz CT molecular complexity index is 303. The second-order valence-electron chi connectivity index (χ2n) is 3.38. The second-order valence-corrected chi connectivity index (χ2v) is 7.35. The van der Waals surface area contributed by atoms with E-state index in [4.69, 9.17) is 0 Å². The molecule has 1 N–H and O–H groups in total. The lowest BCUT2D eigenvalue weighted by Crippen LogP contribution is -2.47. The van der Waals surface area contributed by atoms with Crippen LogP contribution in [0.2, 0.25) is 0 Å². The van der Waals surface area contributed by atoms with Crippen molar-refractivity contribution in [3.63, 3.8) is 0 Å². The molecule has 1 aliphatic rings. The Morgan fingerprint density at radius 3 is 3.14 bits per heavy atom. The molecular weight excluding hydrogens is 280 g/mol. The third kappa shape index (κ3) is 2.97. The van der Waals surface area contributed by atoms with Gasteiger partial charge < -0.3 is 10.2 Å². The zero-order valence-corrected chi connectivity index (χ0v) is 11.2. The van der Waals surface area contributed by atoms with E-state index in [1.807, 2.05) is 11.8 Å². The largest absolute Gasteiger partial charge is 0.303 e. The average Bonchev–Trinajstić information content (AvgIpc) is 2.51. The standard InChI is InChI=1S/C9H13BrN2S2/c1-12-5-4-11-8(6-12)14-9-3-2-7(10)13-9/h2-3,8,11H,4-6H2,1H3. The molecule has 1 atom stereocenters. The van der Waals surface area contributed by atoms with Crippen LogP contribution in [0.15, 0.2) is 20.1 Å². The molecule has 78 valence electrons. The molecule has 1 saturated heterocycles. The second kappa shape index (κ2) is 4.99. The van der Waals surface area contributed by atoms with E-state index in [1.165, 1.54) is 8.00 Å². The lowest BCUT2D eigenvalue weighted by Gasteiger charge is -2.29. The lowest BCUT2D eigenvalue weighted by molar-refractivity contribution is 0.278. The van der Waals surface area contributed by atoms with E-state index < -0.39 is 0 Å². The Morgan fingerprint density at radius 2 is 2.50 bits per heavy atom. The van der Waals surface area contributed by atoms with Gasteiger partial charge in [-0.05, 0) is 35.1 Å². The predicted molar refractivity (Wildman–Crippen MR) is 67.2 cm³/mol. The highest BCUT2D eigenvalue weighted by atomic mass is 79.9. The third-order valence-corrected chi connectivity index (χ3v) is 5.08. The van der Waals surface area contributed by atoms with Crippen LogP contribution in [0.1, 0.15) is 0 Å². The van der Waals surface area contributed by atoms with Gasteiger partial charge in [0.25, 0.3) is 0 Å². The van der Waals surface area contributed by atoms with E-state index in [0.29, 0.717) is 5.37 Å². The molecule has 5 heteroatoms. The third-order valence-electron chi connectivity index (χ3n) is 2.15. The van der Waals surface area contributed by atoms with Crippen LogP contribution in [0.4, 0.5) is 0 Å². The lowest BCUT2D eigenvalue weighted by atomic mass is 10.4. The van der Waals surface area contributed by atoms with Gasteiger partial charge in [0.1, 0.15) is 0 Å². The predicted octanol–water partition coefficient (Wildman–Crippen LogP) is 2.46. The molecule has 0 bridgehead atoms. The van der Waals surface area contributed by atoms with Crippen molar-refractivity contribution in [1.82, 2.24) is 10.2 Å². The first-order valence-corrected chi connectivity index (χ1v) is 7.07. The molecule has 1 aromatic rings. The van der Waals surface area contributed by atoms with Gasteiger partial charge in [0.05, 0.1) is 13.4 Å². The summed E-state index contributed by atoms with van der Waals surface area (Å²) < 4.78 is 2.59. The molecule has 1 fully saturated rings. The van der Waals surface area contributed by atoms with Gasteiger partial charge in [-0.25, -0.2) is 0 Å². The van der Waals surface area contributed by atoms with Gasteiger partial charge in [-0.3, -0.25) is 0 Å². The van der Waals surface area contributed by atoms with Crippen LogP contribution in [-0.2, 0) is 0 Å². The Labute approximate surface area is 101 Å². The molecule has 0 aliphatic carbocycles. The summed E-state index contributed by atoms with van der Waals surface area (Å²) >= 11 is 7.21. The van der Waals surface area contributed by atoms with E-state index in [9.17, 15) is 0 Å². The molecule has 0 radical (unpaired) electrons. The van der Waals surface area contributed by atoms with Crippen molar-refractivity contribution in [2.45, 2.75) is 9.58 Å². The van der Waals surface area contributed by atoms with Gasteiger partial charge >= 0.3 is 0 Å². The summed E-state index contributed by atoms with van der Waals surface area (Å²) in [6.07, 6.45) is 0. The normalized spacial score (nSPS) is 24.0. The Morgan fingerprint density at radius 1 is 1.64 bits per heavy atom. The van der Waals surface area contributed by atoms with Crippen LogP contribution < -0.4 is 5.32 Å². The monoisotopic (exact) mass is 292 g/mol. The number of nitrogens with one attached hydrogen (secondary N) is 1. The SMILES string of the molecule is CN1CCNC(Sc2ccc(Br)s2)C1. The molecule has 2 nitrogen and oxygen atoms in total. The van der Waals surface area contributed by atoms with Crippen molar-refractivity contribution in [1.29, 1.82) is 0 Å².